The van der Waals surface area contributed by atoms with Crippen molar-refractivity contribution in [2.75, 3.05) is 5.43 Å². The van der Waals surface area contributed by atoms with Gasteiger partial charge < -0.3 is 4.42 Å². The molecule has 4 aromatic rings. The second kappa shape index (κ2) is 7.37. The van der Waals surface area contributed by atoms with Gasteiger partial charge in [0.25, 0.3) is 0 Å². The third-order valence-electron chi connectivity index (χ3n) is 3.90. The smallest absolute Gasteiger partial charge is 0.203 e. The lowest BCUT2D eigenvalue weighted by Crippen LogP contribution is -1.92. The van der Waals surface area contributed by atoms with Crippen LogP contribution in [0.3, 0.4) is 0 Å². The molecule has 4 nitrogen and oxygen atoms in total. The fraction of sp³-hybridized carbons (Fsp3) is 0.0476. The number of aryl methyl sites for hydroxylation is 1. The molecule has 4 rings (SSSR count). The number of thiazole rings is 1. The summed E-state index contributed by atoms with van der Waals surface area (Å²) in [7, 11) is 0. The van der Waals surface area contributed by atoms with E-state index < -0.39 is 0 Å². The van der Waals surface area contributed by atoms with E-state index in [1.54, 1.807) is 6.21 Å². The van der Waals surface area contributed by atoms with Crippen molar-refractivity contribution in [3.63, 3.8) is 0 Å². The summed E-state index contributed by atoms with van der Waals surface area (Å²) in [6, 6.07) is 22.0. The number of anilines is 1. The molecule has 0 spiro atoms. The van der Waals surface area contributed by atoms with Crippen LogP contribution in [0.2, 0.25) is 0 Å². The molecule has 0 atom stereocenters. The summed E-state index contributed by atoms with van der Waals surface area (Å²) in [5, 5.41) is 7.12. The zero-order valence-electron chi connectivity index (χ0n) is 14.2. The van der Waals surface area contributed by atoms with Gasteiger partial charge in [-0.15, -0.1) is 11.3 Å². The van der Waals surface area contributed by atoms with Gasteiger partial charge in [0.15, 0.2) is 0 Å². The molecule has 128 valence electrons. The lowest BCUT2D eigenvalue weighted by molar-refractivity contribution is 0.548. The van der Waals surface area contributed by atoms with Gasteiger partial charge in [0.05, 0.1) is 11.9 Å². The van der Waals surface area contributed by atoms with E-state index in [4.69, 9.17) is 4.42 Å². The molecule has 0 unspecified atom stereocenters. The molecule has 0 saturated carbocycles. The number of hydrogen-bond acceptors (Lipinski definition) is 5. The van der Waals surface area contributed by atoms with E-state index in [1.165, 1.54) is 11.3 Å². The van der Waals surface area contributed by atoms with Gasteiger partial charge in [0.1, 0.15) is 11.5 Å². The molecule has 0 fully saturated rings. The Morgan fingerprint density at radius 2 is 1.81 bits per heavy atom. The molecule has 2 heterocycles. The number of nitrogens with zero attached hydrogens (tertiary/aromatic N) is 2. The van der Waals surface area contributed by atoms with Crippen LogP contribution in [0.5, 0.6) is 0 Å². The highest BCUT2D eigenvalue weighted by atomic mass is 32.1. The SMILES string of the molecule is Cc1ccc(-c2ccccc2C=NNc2nc(-c3ccccc3)cs2)o1. The molecule has 0 aliphatic rings. The average molecular weight is 359 g/mol. The molecule has 0 amide bonds. The van der Waals surface area contributed by atoms with Crippen molar-refractivity contribution in [2.24, 2.45) is 5.10 Å². The van der Waals surface area contributed by atoms with Crippen LogP contribution in [0.1, 0.15) is 11.3 Å². The van der Waals surface area contributed by atoms with Crippen LogP contribution in [-0.2, 0) is 0 Å². The minimum Gasteiger partial charge on any atom is -0.461 e. The van der Waals surface area contributed by atoms with Crippen molar-refractivity contribution in [3.8, 4) is 22.6 Å². The number of benzene rings is 2. The zero-order valence-corrected chi connectivity index (χ0v) is 15.0. The molecule has 0 saturated heterocycles. The van der Waals surface area contributed by atoms with Gasteiger partial charge in [-0.05, 0) is 19.1 Å². The van der Waals surface area contributed by atoms with E-state index in [0.29, 0.717) is 0 Å². The summed E-state index contributed by atoms with van der Waals surface area (Å²) in [6.45, 7) is 1.94. The van der Waals surface area contributed by atoms with Crippen molar-refractivity contribution in [2.45, 2.75) is 6.92 Å². The Morgan fingerprint density at radius 3 is 2.62 bits per heavy atom. The van der Waals surface area contributed by atoms with Crippen LogP contribution in [0.4, 0.5) is 5.13 Å². The first kappa shape index (κ1) is 16.3. The maximum atomic E-state index is 5.73. The quantitative estimate of drug-likeness (QED) is 0.360. The Labute approximate surface area is 155 Å². The van der Waals surface area contributed by atoms with E-state index in [2.05, 4.69) is 15.5 Å². The molecule has 0 aliphatic heterocycles. The van der Waals surface area contributed by atoms with Crippen LogP contribution < -0.4 is 5.43 Å². The van der Waals surface area contributed by atoms with Gasteiger partial charge in [-0.1, -0.05) is 54.6 Å². The first-order valence-corrected chi connectivity index (χ1v) is 9.13. The number of hydrogen-bond donors (Lipinski definition) is 1. The van der Waals surface area contributed by atoms with Crippen LogP contribution in [0.15, 0.2) is 81.6 Å². The van der Waals surface area contributed by atoms with E-state index in [9.17, 15) is 0 Å². The van der Waals surface area contributed by atoms with Gasteiger partial charge >= 0.3 is 0 Å². The molecule has 0 radical (unpaired) electrons. The highest BCUT2D eigenvalue weighted by molar-refractivity contribution is 7.14. The molecule has 2 aromatic heterocycles. The summed E-state index contributed by atoms with van der Waals surface area (Å²) in [5.41, 5.74) is 7.04. The van der Waals surface area contributed by atoms with Crippen molar-refractivity contribution in [1.82, 2.24) is 4.98 Å². The maximum Gasteiger partial charge on any atom is 0.203 e. The number of hydrazone groups is 1. The Bertz CT molecular complexity index is 1030. The highest BCUT2D eigenvalue weighted by Gasteiger charge is 2.07. The number of rotatable bonds is 5. The Balaban J connectivity index is 1.51. The molecular formula is C21H17N3OS. The molecule has 0 aliphatic carbocycles. The minimum absolute atomic E-state index is 0.756. The Hall–Kier alpha value is -3.18. The predicted octanol–water partition coefficient (Wildman–Crippen LogP) is 5.82. The summed E-state index contributed by atoms with van der Waals surface area (Å²) in [6.07, 6.45) is 1.79. The molecule has 2 aromatic carbocycles. The first-order chi connectivity index (χ1) is 12.8. The summed E-state index contributed by atoms with van der Waals surface area (Å²) < 4.78 is 5.73. The Kier molecular flexibility index (Phi) is 4.62. The van der Waals surface area contributed by atoms with Crippen LogP contribution in [0, 0.1) is 6.92 Å². The third kappa shape index (κ3) is 3.58. The van der Waals surface area contributed by atoms with Gasteiger partial charge in [-0.2, -0.15) is 5.10 Å². The first-order valence-electron chi connectivity index (χ1n) is 8.25. The zero-order chi connectivity index (χ0) is 17.8. The molecule has 5 heteroatoms. The number of nitrogens with one attached hydrogen (secondary N) is 1. The molecule has 1 N–H and O–H groups in total. The average Bonchev–Trinajstić information content (AvgIpc) is 3.32. The van der Waals surface area contributed by atoms with E-state index in [1.807, 2.05) is 79.0 Å². The van der Waals surface area contributed by atoms with Gasteiger partial charge in [-0.25, -0.2) is 4.98 Å². The molecule has 0 bridgehead atoms. The summed E-state index contributed by atoms with van der Waals surface area (Å²) in [4.78, 5) is 4.57. The van der Waals surface area contributed by atoms with E-state index in [0.717, 1.165) is 39.0 Å². The van der Waals surface area contributed by atoms with Crippen LogP contribution in [-0.4, -0.2) is 11.2 Å². The van der Waals surface area contributed by atoms with Crippen molar-refractivity contribution in [1.29, 1.82) is 0 Å². The molecular weight excluding hydrogens is 342 g/mol. The Morgan fingerprint density at radius 1 is 1.00 bits per heavy atom. The number of furan rings is 1. The van der Waals surface area contributed by atoms with Gasteiger partial charge in [0, 0.05) is 22.1 Å². The van der Waals surface area contributed by atoms with Crippen molar-refractivity contribution in [3.05, 3.63) is 83.4 Å². The minimum atomic E-state index is 0.756. The fourth-order valence-corrected chi connectivity index (χ4v) is 3.31. The highest BCUT2D eigenvalue weighted by Crippen LogP contribution is 2.26. The van der Waals surface area contributed by atoms with E-state index >= 15 is 0 Å². The standard InChI is InChI=1S/C21H17N3OS/c1-15-11-12-20(25-15)18-10-6-5-9-17(18)13-22-24-21-23-19(14-26-21)16-7-3-2-4-8-16/h2-14H,1H3,(H,23,24). The second-order valence-electron chi connectivity index (χ2n) is 5.77. The lowest BCUT2D eigenvalue weighted by atomic mass is 10.1. The van der Waals surface area contributed by atoms with E-state index in [-0.39, 0.29) is 0 Å². The monoisotopic (exact) mass is 359 g/mol. The summed E-state index contributed by atoms with van der Waals surface area (Å²) in [5.74, 6) is 1.73. The topological polar surface area (TPSA) is 50.4 Å². The fourth-order valence-electron chi connectivity index (χ4n) is 2.64. The number of aromatic nitrogens is 1. The van der Waals surface area contributed by atoms with Crippen molar-refractivity contribution < 1.29 is 4.42 Å². The third-order valence-corrected chi connectivity index (χ3v) is 4.65. The lowest BCUT2D eigenvalue weighted by Gasteiger charge is -2.02. The molecule has 26 heavy (non-hydrogen) atoms. The summed E-state index contributed by atoms with van der Waals surface area (Å²) >= 11 is 1.53. The van der Waals surface area contributed by atoms with Crippen LogP contribution >= 0.6 is 11.3 Å². The van der Waals surface area contributed by atoms with Gasteiger partial charge in [0.2, 0.25) is 5.13 Å². The largest absolute Gasteiger partial charge is 0.461 e. The van der Waals surface area contributed by atoms with Crippen LogP contribution in [0.25, 0.3) is 22.6 Å². The second-order valence-corrected chi connectivity index (χ2v) is 6.63. The van der Waals surface area contributed by atoms with Crippen molar-refractivity contribution >= 4 is 22.7 Å². The predicted molar refractivity (Wildman–Crippen MR) is 108 cm³/mol. The van der Waals surface area contributed by atoms with Gasteiger partial charge in [-0.3, -0.25) is 5.43 Å². The normalized spacial score (nSPS) is 11.1. The maximum absolute atomic E-state index is 5.73.